The van der Waals surface area contributed by atoms with E-state index in [1.807, 2.05) is 0 Å². The molecule has 0 saturated heterocycles. The van der Waals surface area contributed by atoms with Gasteiger partial charge in [-0.25, -0.2) is 5.01 Å². The molecule has 2 aromatic rings. The van der Waals surface area contributed by atoms with Crippen LogP contribution >= 0.6 is 0 Å². The van der Waals surface area contributed by atoms with E-state index in [-0.39, 0.29) is 11.5 Å². The molecule has 1 aliphatic rings. The van der Waals surface area contributed by atoms with Gasteiger partial charge in [-0.15, -0.1) is 5.10 Å². The lowest BCUT2D eigenvalue weighted by Crippen LogP contribution is -2.55. The van der Waals surface area contributed by atoms with Crippen molar-refractivity contribution in [3.05, 3.63) is 47.9 Å². The summed E-state index contributed by atoms with van der Waals surface area (Å²) in [6.07, 6.45) is -2.76. The number of aryl methyl sites for hydroxylation is 1. The van der Waals surface area contributed by atoms with Crippen LogP contribution in [0.5, 0.6) is 0 Å². The molecule has 1 N–H and O–H groups in total. The molecule has 0 saturated carbocycles. The zero-order chi connectivity index (χ0) is 16.7. The highest BCUT2D eigenvalue weighted by Gasteiger charge is 2.62. The predicted molar refractivity (Wildman–Crippen MR) is 75.6 cm³/mol. The van der Waals surface area contributed by atoms with Crippen molar-refractivity contribution in [3.63, 3.8) is 0 Å². The van der Waals surface area contributed by atoms with Crippen LogP contribution in [0.3, 0.4) is 0 Å². The molecule has 1 aliphatic heterocycles. The van der Waals surface area contributed by atoms with E-state index < -0.39 is 18.3 Å². The van der Waals surface area contributed by atoms with Gasteiger partial charge in [0.25, 0.3) is 5.72 Å². The molecule has 120 valence electrons. The minimum Gasteiger partial charge on any atom is -0.362 e. The molecule has 6 nitrogen and oxygen atoms in total. The first-order chi connectivity index (χ1) is 10.8. The molecular weight excluding hydrogens is 311 g/mol. The summed E-state index contributed by atoms with van der Waals surface area (Å²) in [5.41, 5.74) is -2.17. The lowest BCUT2D eigenvalue weighted by molar-refractivity contribution is -0.254. The Morgan fingerprint density at radius 2 is 2.00 bits per heavy atom. The Morgan fingerprint density at radius 1 is 1.22 bits per heavy atom. The Kier molecular flexibility index (Phi) is 3.52. The largest absolute Gasteiger partial charge is 0.438 e. The van der Waals surface area contributed by atoms with E-state index in [9.17, 15) is 18.3 Å². The van der Waals surface area contributed by atoms with Crippen LogP contribution in [0.25, 0.3) is 0 Å². The van der Waals surface area contributed by atoms with Gasteiger partial charge in [-0.05, 0) is 25.1 Å². The average molecular weight is 323 g/mol. The Hall–Kier alpha value is -2.55. The maximum Gasteiger partial charge on any atom is 0.438 e. The van der Waals surface area contributed by atoms with Crippen LogP contribution < -0.4 is 5.01 Å². The highest BCUT2D eigenvalue weighted by Crippen LogP contribution is 2.42. The van der Waals surface area contributed by atoms with Crippen LogP contribution in [0.4, 0.5) is 19.0 Å². The summed E-state index contributed by atoms with van der Waals surface area (Å²) in [6, 6.07) is 5.98. The van der Waals surface area contributed by atoms with Crippen molar-refractivity contribution in [2.24, 2.45) is 5.10 Å². The van der Waals surface area contributed by atoms with Crippen molar-refractivity contribution in [3.8, 4) is 0 Å². The molecule has 0 radical (unpaired) electrons. The number of alkyl halides is 3. The first-order valence-corrected chi connectivity index (χ1v) is 6.69. The zero-order valence-corrected chi connectivity index (χ0v) is 12.0. The van der Waals surface area contributed by atoms with Crippen molar-refractivity contribution >= 4 is 11.5 Å². The minimum absolute atomic E-state index is 0.0697. The van der Waals surface area contributed by atoms with Crippen LogP contribution in [0, 0.1) is 6.92 Å². The van der Waals surface area contributed by atoms with Gasteiger partial charge in [-0.2, -0.15) is 23.4 Å². The fraction of sp³-hybridized carbons (Fsp3) is 0.286. The first kappa shape index (κ1) is 15.3. The standard InChI is InChI=1S/C14H12F3N5O/c1-9-4-5-12(20-19-9)22-13(23,14(15,16)17)7-11(21-22)10-3-2-6-18-8-10/h2-6,8,23H,7H2,1H3. The Morgan fingerprint density at radius 3 is 2.57 bits per heavy atom. The van der Waals surface area contributed by atoms with Crippen molar-refractivity contribution in [1.29, 1.82) is 0 Å². The Bertz CT molecular complexity index is 732. The normalized spacial score (nSPS) is 21.4. The second kappa shape index (κ2) is 5.27. The third-order valence-electron chi connectivity index (χ3n) is 3.43. The molecule has 0 spiro atoms. The third-order valence-corrected chi connectivity index (χ3v) is 3.43. The van der Waals surface area contributed by atoms with Gasteiger partial charge in [-0.1, -0.05) is 6.07 Å². The molecule has 0 amide bonds. The van der Waals surface area contributed by atoms with Crippen molar-refractivity contribution in [1.82, 2.24) is 15.2 Å². The molecule has 0 fully saturated rings. The van der Waals surface area contributed by atoms with E-state index >= 15 is 0 Å². The summed E-state index contributed by atoms with van der Waals surface area (Å²) in [7, 11) is 0. The first-order valence-electron chi connectivity index (χ1n) is 6.69. The lowest BCUT2D eigenvalue weighted by Gasteiger charge is -2.32. The fourth-order valence-electron chi connectivity index (χ4n) is 2.21. The number of rotatable bonds is 2. The number of hydrogen-bond acceptors (Lipinski definition) is 6. The Labute approximate surface area is 129 Å². The molecule has 1 unspecified atom stereocenters. The third kappa shape index (κ3) is 2.63. The van der Waals surface area contributed by atoms with E-state index in [1.54, 1.807) is 19.1 Å². The summed E-state index contributed by atoms with van der Waals surface area (Å²) >= 11 is 0. The molecular formula is C14H12F3N5O. The highest BCUT2D eigenvalue weighted by atomic mass is 19.4. The SMILES string of the molecule is Cc1ccc(N2N=C(c3cccnc3)CC2(O)C(F)(F)F)nn1. The van der Waals surface area contributed by atoms with Crippen molar-refractivity contribution < 1.29 is 18.3 Å². The second-order valence-corrected chi connectivity index (χ2v) is 5.12. The monoisotopic (exact) mass is 323 g/mol. The quantitative estimate of drug-likeness (QED) is 0.915. The van der Waals surface area contributed by atoms with E-state index in [4.69, 9.17) is 0 Å². The van der Waals surface area contributed by atoms with E-state index in [2.05, 4.69) is 20.3 Å². The number of hydrazone groups is 1. The zero-order valence-electron chi connectivity index (χ0n) is 12.0. The number of nitrogens with zero attached hydrogens (tertiary/aromatic N) is 5. The number of aliphatic hydroxyl groups is 1. The van der Waals surface area contributed by atoms with Crippen LogP contribution in [0.15, 0.2) is 41.8 Å². The summed E-state index contributed by atoms with van der Waals surface area (Å²) in [5, 5.41) is 22.0. The van der Waals surface area contributed by atoms with Crippen LogP contribution in [-0.2, 0) is 0 Å². The lowest BCUT2D eigenvalue weighted by atomic mass is 10.0. The maximum absolute atomic E-state index is 13.4. The molecule has 3 heterocycles. The Balaban J connectivity index is 2.07. The summed E-state index contributed by atoms with van der Waals surface area (Å²) in [4.78, 5) is 3.86. The summed E-state index contributed by atoms with van der Waals surface area (Å²) < 4.78 is 40.3. The molecule has 0 aliphatic carbocycles. The molecule has 2 aromatic heterocycles. The number of aromatic nitrogens is 3. The summed E-state index contributed by atoms with van der Waals surface area (Å²) in [5.74, 6) is -0.186. The van der Waals surface area contributed by atoms with Gasteiger partial charge in [0.15, 0.2) is 5.82 Å². The maximum atomic E-state index is 13.4. The molecule has 3 rings (SSSR count). The molecule has 23 heavy (non-hydrogen) atoms. The van der Waals surface area contributed by atoms with Gasteiger partial charge in [0.2, 0.25) is 0 Å². The molecule has 0 bridgehead atoms. The van der Waals surface area contributed by atoms with Gasteiger partial charge in [0, 0.05) is 18.0 Å². The number of halogens is 3. The number of hydrogen-bond donors (Lipinski definition) is 1. The van der Waals surface area contributed by atoms with E-state index in [1.165, 1.54) is 24.5 Å². The van der Waals surface area contributed by atoms with Crippen LogP contribution in [0.2, 0.25) is 0 Å². The van der Waals surface area contributed by atoms with E-state index in [0.29, 0.717) is 16.3 Å². The van der Waals surface area contributed by atoms with Crippen molar-refractivity contribution in [2.75, 3.05) is 5.01 Å². The average Bonchev–Trinajstić information content (AvgIpc) is 2.88. The van der Waals surface area contributed by atoms with Gasteiger partial charge < -0.3 is 5.11 Å². The van der Waals surface area contributed by atoms with Gasteiger partial charge >= 0.3 is 6.18 Å². The van der Waals surface area contributed by atoms with E-state index in [0.717, 1.165) is 0 Å². The molecule has 9 heteroatoms. The van der Waals surface area contributed by atoms with Gasteiger partial charge in [0.05, 0.1) is 17.8 Å². The van der Waals surface area contributed by atoms with Gasteiger partial charge in [-0.3, -0.25) is 4.98 Å². The molecule has 0 aromatic carbocycles. The van der Waals surface area contributed by atoms with Gasteiger partial charge in [0.1, 0.15) is 0 Å². The highest BCUT2D eigenvalue weighted by molar-refractivity contribution is 6.03. The minimum atomic E-state index is -4.92. The second-order valence-electron chi connectivity index (χ2n) is 5.12. The fourth-order valence-corrected chi connectivity index (χ4v) is 2.21. The predicted octanol–water partition coefficient (Wildman–Crippen LogP) is 2.05. The topological polar surface area (TPSA) is 74.5 Å². The van der Waals surface area contributed by atoms with Crippen LogP contribution in [-0.4, -0.2) is 37.9 Å². The number of pyridine rings is 1. The van der Waals surface area contributed by atoms with Crippen molar-refractivity contribution in [2.45, 2.75) is 25.2 Å². The molecule has 1 atom stereocenters. The summed E-state index contributed by atoms with van der Waals surface area (Å²) in [6.45, 7) is 1.65. The van der Waals surface area contributed by atoms with Crippen LogP contribution in [0.1, 0.15) is 17.7 Å². The smallest absolute Gasteiger partial charge is 0.362 e. The number of anilines is 1.